The Bertz CT molecular complexity index is 546. The Balaban J connectivity index is 2.10. The monoisotopic (exact) mass is 320 g/mol. The predicted molar refractivity (Wildman–Crippen MR) is 87.8 cm³/mol. The fourth-order valence-electron chi connectivity index (χ4n) is 2.52. The summed E-state index contributed by atoms with van der Waals surface area (Å²) in [5.74, 6) is 0. The van der Waals surface area contributed by atoms with Gasteiger partial charge in [0.15, 0.2) is 0 Å². The van der Waals surface area contributed by atoms with E-state index in [9.17, 15) is 9.59 Å². The zero-order valence-electron chi connectivity index (χ0n) is 14.1. The molecule has 0 aliphatic carbocycles. The Morgan fingerprint density at radius 2 is 1.78 bits per heavy atom. The number of piperazine rings is 1. The van der Waals surface area contributed by atoms with Crippen LogP contribution < -0.4 is 10.6 Å². The molecule has 1 heterocycles. The lowest BCUT2D eigenvalue weighted by molar-refractivity contribution is -0.780. The van der Waals surface area contributed by atoms with Crippen molar-refractivity contribution >= 4 is 12.1 Å². The van der Waals surface area contributed by atoms with Crippen LogP contribution in [0.4, 0.5) is 9.59 Å². The molecule has 0 spiro atoms. The molecule has 0 radical (unpaired) electrons. The van der Waals surface area contributed by atoms with E-state index in [0.29, 0.717) is 26.2 Å². The molecule has 1 fully saturated rings. The minimum absolute atomic E-state index is 0.176. The lowest BCUT2D eigenvalue weighted by Crippen LogP contribution is -2.69. The highest BCUT2D eigenvalue weighted by Gasteiger charge is 2.48. The first-order valence-electron chi connectivity index (χ1n) is 7.95. The minimum atomic E-state index is -0.489. The van der Waals surface area contributed by atoms with Crippen molar-refractivity contribution in [2.75, 3.05) is 26.2 Å². The van der Waals surface area contributed by atoms with Crippen molar-refractivity contribution in [1.29, 1.82) is 0 Å². The van der Waals surface area contributed by atoms with E-state index in [1.807, 2.05) is 51.1 Å². The third-order valence-corrected chi connectivity index (χ3v) is 3.77. The first kappa shape index (κ1) is 17.4. The molecule has 0 atom stereocenters. The molecule has 6 nitrogen and oxygen atoms in total. The van der Waals surface area contributed by atoms with Crippen molar-refractivity contribution < 1.29 is 18.8 Å². The van der Waals surface area contributed by atoms with E-state index >= 15 is 0 Å². The third kappa shape index (κ3) is 4.53. The summed E-state index contributed by atoms with van der Waals surface area (Å²) < 4.78 is 5.14. The van der Waals surface area contributed by atoms with Crippen molar-refractivity contribution in [3.05, 3.63) is 35.9 Å². The Morgan fingerprint density at radius 1 is 1.17 bits per heavy atom. The summed E-state index contributed by atoms with van der Waals surface area (Å²) >= 11 is 0. The summed E-state index contributed by atoms with van der Waals surface area (Å²) in [6, 6.07) is 9.19. The van der Waals surface area contributed by atoms with E-state index in [4.69, 9.17) is 4.74 Å². The number of hydrogen-bond donors (Lipinski definition) is 2. The summed E-state index contributed by atoms with van der Waals surface area (Å²) in [5.41, 5.74) is 0.512. The number of urea groups is 1. The quantitative estimate of drug-likeness (QED) is 0.820. The van der Waals surface area contributed by atoms with Gasteiger partial charge in [0, 0.05) is 18.6 Å². The molecular weight excluding hydrogens is 294 g/mol. The number of quaternary nitrogens is 1. The van der Waals surface area contributed by atoms with Gasteiger partial charge in [0.05, 0.1) is 0 Å². The lowest BCUT2D eigenvalue weighted by Gasteiger charge is -2.36. The van der Waals surface area contributed by atoms with Crippen LogP contribution in [0.1, 0.15) is 26.3 Å². The molecule has 0 aromatic heterocycles. The maximum absolute atomic E-state index is 12.7. The van der Waals surface area contributed by atoms with Crippen LogP contribution in [0.3, 0.4) is 0 Å². The molecule has 126 valence electrons. The van der Waals surface area contributed by atoms with Gasteiger partial charge in [-0.05, 0) is 26.3 Å². The highest BCUT2D eigenvalue weighted by Crippen LogP contribution is 2.16. The first-order chi connectivity index (χ1) is 10.8. The van der Waals surface area contributed by atoms with Gasteiger partial charge in [-0.15, -0.1) is 4.48 Å². The Kier molecular flexibility index (Phi) is 5.38. The van der Waals surface area contributed by atoms with E-state index in [1.165, 1.54) is 0 Å². The highest BCUT2D eigenvalue weighted by atomic mass is 16.6. The molecule has 23 heavy (non-hydrogen) atoms. The molecule has 0 bridgehead atoms. The van der Waals surface area contributed by atoms with Gasteiger partial charge in [0.25, 0.3) is 0 Å². The number of rotatable bonds is 2. The van der Waals surface area contributed by atoms with Gasteiger partial charge in [-0.1, -0.05) is 30.3 Å². The van der Waals surface area contributed by atoms with E-state index in [0.717, 1.165) is 5.56 Å². The number of ether oxygens (including phenoxy) is 1. The standard InChI is InChI=1S/C17H25N3O3/c1-17(2,3)19-15(21)20(11-9-18-10-12-20)16(22)23-13-14-7-5-4-6-8-14/h4-8,18H,9-13H2,1-3H3/p+1. The van der Waals surface area contributed by atoms with Crippen LogP contribution in [-0.2, 0) is 11.3 Å². The number of amides is 3. The van der Waals surface area contributed by atoms with Crippen LogP contribution >= 0.6 is 0 Å². The van der Waals surface area contributed by atoms with Crippen molar-refractivity contribution in [3.8, 4) is 0 Å². The Labute approximate surface area is 137 Å². The van der Waals surface area contributed by atoms with Crippen molar-refractivity contribution in [1.82, 2.24) is 10.6 Å². The third-order valence-electron chi connectivity index (χ3n) is 3.77. The molecule has 1 aliphatic heterocycles. The molecule has 3 amide bonds. The van der Waals surface area contributed by atoms with Crippen LogP contribution in [0, 0.1) is 0 Å². The number of hydrogen-bond acceptors (Lipinski definition) is 4. The second-order valence-corrected chi connectivity index (χ2v) is 6.89. The normalized spacial score (nSPS) is 17.3. The van der Waals surface area contributed by atoms with Gasteiger partial charge in [0.1, 0.15) is 19.7 Å². The smallest absolute Gasteiger partial charge is 0.415 e. The van der Waals surface area contributed by atoms with E-state index < -0.39 is 11.6 Å². The van der Waals surface area contributed by atoms with Crippen LogP contribution in [0.15, 0.2) is 30.3 Å². The number of nitrogens with zero attached hydrogens (tertiary/aromatic N) is 1. The largest absolute Gasteiger partial charge is 0.525 e. The number of nitrogens with one attached hydrogen (secondary N) is 2. The molecule has 0 saturated carbocycles. The first-order valence-corrected chi connectivity index (χ1v) is 7.95. The molecule has 2 N–H and O–H groups in total. The number of carbonyl (C=O) groups is 2. The van der Waals surface area contributed by atoms with Gasteiger partial charge in [-0.3, -0.25) is 0 Å². The molecule has 1 aliphatic rings. The average Bonchev–Trinajstić information content (AvgIpc) is 2.52. The molecule has 1 aromatic carbocycles. The van der Waals surface area contributed by atoms with Crippen molar-refractivity contribution in [2.24, 2.45) is 0 Å². The van der Waals surface area contributed by atoms with Gasteiger partial charge in [-0.2, -0.15) is 4.79 Å². The lowest BCUT2D eigenvalue weighted by atomic mass is 10.1. The minimum Gasteiger partial charge on any atom is -0.415 e. The predicted octanol–water partition coefficient (Wildman–Crippen LogP) is 2.25. The average molecular weight is 320 g/mol. The molecule has 2 rings (SSSR count). The number of imide groups is 1. The molecule has 0 unspecified atom stereocenters. The summed E-state index contributed by atoms with van der Waals surface area (Å²) in [7, 11) is 0. The van der Waals surface area contributed by atoms with E-state index in [2.05, 4.69) is 10.6 Å². The zero-order valence-corrected chi connectivity index (χ0v) is 14.1. The van der Waals surface area contributed by atoms with Crippen LogP contribution in [-0.4, -0.2) is 48.3 Å². The number of benzene rings is 1. The molecule has 1 aromatic rings. The summed E-state index contributed by atoms with van der Waals surface area (Å²) in [4.78, 5) is 25.4. The van der Waals surface area contributed by atoms with Gasteiger partial charge >= 0.3 is 12.1 Å². The maximum Gasteiger partial charge on any atom is 0.525 e. The topological polar surface area (TPSA) is 67.4 Å². The fourth-order valence-corrected chi connectivity index (χ4v) is 2.52. The Morgan fingerprint density at radius 3 is 2.35 bits per heavy atom. The molecule has 6 heteroatoms. The highest BCUT2D eigenvalue weighted by molar-refractivity contribution is 5.80. The van der Waals surface area contributed by atoms with Gasteiger partial charge < -0.3 is 15.4 Å². The van der Waals surface area contributed by atoms with Crippen molar-refractivity contribution in [2.45, 2.75) is 32.9 Å². The summed E-state index contributed by atoms with van der Waals surface area (Å²) in [6.07, 6.45) is -0.489. The second-order valence-electron chi connectivity index (χ2n) is 6.89. The zero-order chi connectivity index (χ0) is 16.9. The fraction of sp³-hybridized carbons (Fsp3) is 0.529. The van der Waals surface area contributed by atoms with Crippen LogP contribution in [0.5, 0.6) is 0 Å². The molecule has 1 saturated heterocycles. The van der Waals surface area contributed by atoms with Gasteiger partial charge in [-0.25, -0.2) is 4.79 Å². The maximum atomic E-state index is 12.7. The SMILES string of the molecule is CC(C)(C)NC(=O)[N+]1(C(=O)OCc2ccccc2)CCNCC1. The van der Waals surface area contributed by atoms with E-state index in [-0.39, 0.29) is 17.1 Å². The van der Waals surface area contributed by atoms with Crippen LogP contribution in [0.25, 0.3) is 0 Å². The summed E-state index contributed by atoms with van der Waals surface area (Å²) in [5, 5.41) is 6.10. The van der Waals surface area contributed by atoms with Gasteiger partial charge in [0.2, 0.25) is 0 Å². The van der Waals surface area contributed by atoms with Crippen LogP contribution in [0.2, 0.25) is 0 Å². The van der Waals surface area contributed by atoms with E-state index in [1.54, 1.807) is 0 Å². The second kappa shape index (κ2) is 7.10. The molecular formula is C17H26N3O3+. The number of carbonyl (C=O) groups excluding carboxylic acids is 2. The Hall–Kier alpha value is -1.92. The van der Waals surface area contributed by atoms with Crippen molar-refractivity contribution in [3.63, 3.8) is 0 Å². The summed E-state index contributed by atoms with van der Waals surface area (Å²) in [6.45, 7) is 7.90.